The van der Waals surface area contributed by atoms with Gasteiger partial charge in [-0.2, -0.15) is 10.5 Å². The van der Waals surface area contributed by atoms with E-state index < -0.39 is 0 Å². The van der Waals surface area contributed by atoms with Crippen LogP contribution in [0.4, 0.5) is 0 Å². The summed E-state index contributed by atoms with van der Waals surface area (Å²) in [7, 11) is 0. The average molecular weight is 434 g/mol. The standard InChI is InChI=1S/C21H12BrN3OS/c22-17-8-6-15(7-9-17)21(26)20(12-18-4-3-11-27-18)25-10-2-1-5-19(25)16(13-23)14-24/h1-12H/b20-12-. The molecule has 0 atom stereocenters. The van der Waals surface area contributed by atoms with Gasteiger partial charge in [-0.15, -0.1) is 11.3 Å². The topological polar surface area (TPSA) is 67.9 Å². The maximum absolute atomic E-state index is 13.3. The van der Waals surface area contributed by atoms with Gasteiger partial charge in [-0.1, -0.05) is 28.1 Å². The number of Topliss-reactive ketones (excluding diaryl/α,β-unsaturated/α-hetero) is 1. The smallest absolute Gasteiger partial charge is 0.209 e. The van der Waals surface area contributed by atoms with Crippen molar-refractivity contribution in [3.05, 3.63) is 98.1 Å². The first-order valence-electron chi connectivity index (χ1n) is 7.88. The van der Waals surface area contributed by atoms with Gasteiger partial charge in [0.25, 0.3) is 0 Å². The van der Waals surface area contributed by atoms with Gasteiger partial charge in [0.15, 0.2) is 5.57 Å². The SMILES string of the molecule is N#CC(C#N)=C1C=CC=CN1/C(=C\c1cccs1)C(=O)c1ccc(Br)cc1. The number of benzene rings is 1. The van der Waals surface area contributed by atoms with E-state index >= 15 is 0 Å². The molecule has 4 nitrogen and oxygen atoms in total. The molecular weight excluding hydrogens is 422 g/mol. The van der Waals surface area contributed by atoms with Gasteiger partial charge in [-0.05, 0) is 53.9 Å². The molecule has 27 heavy (non-hydrogen) atoms. The van der Waals surface area contributed by atoms with Gasteiger partial charge >= 0.3 is 0 Å². The molecule has 0 fully saturated rings. The van der Waals surface area contributed by atoms with Crippen LogP contribution < -0.4 is 0 Å². The van der Waals surface area contributed by atoms with Gasteiger partial charge in [0, 0.05) is 21.1 Å². The number of hydrogen-bond donors (Lipinski definition) is 0. The van der Waals surface area contributed by atoms with Crippen molar-refractivity contribution in [2.24, 2.45) is 0 Å². The zero-order valence-corrected chi connectivity index (χ0v) is 16.4. The second-order valence-electron chi connectivity index (χ2n) is 5.44. The quantitative estimate of drug-likeness (QED) is 0.366. The fourth-order valence-electron chi connectivity index (χ4n) is 2.50. The molecule has 130 valence electrons. The van der Waals surface area contributed by atoms with Gasteiger partial charge in [-0.25, -0.2) is 0 Å². The highest BCUT2D eigenvalue weighted by molar-refractivity contribution is 9.10. The second kappa shape index (κ2) is 8.46. The minimum Gasteiger partial charge on any atom is -0.312 e. The molecule has 1 aliphatic rings. The van der Waals surface area contributed by atoms with E-state index in [0.29, 0.717) is 17.0 Å². The molecule has 0 bridgehead atoms. The number of halogens is 1. The minimum absolute atomic E-state index is 0.0590. The van der Waals surface area contributed by atoms with Crippen LogP contribution in [0.3, 0.4) is 0 Å². The van der Waals surface area contributed by atoms with Gasteiger partial charge in [0.2, 0.25) is 5.78 Å². The van der Waals surface area contributed by atoms with Crippen LogP contribution >= 0.6 is 27.3 Å². The fourth-order valence-corrected chi connectivity index (χ4v) is 3.41. The molecule has 6 heteroatoms. The third-order valence-corrected chi connectivity index (χ3v) is 5.11. The van der Waals surface area contributed by atoms with E-state index in [1.54, 1.807) is 59.7 Å². The molecule has 3 rings (SSSR count). The van der Waals surface area contributed by atoms with E-state index in [9.17, 15) is 15.3 Å². The summed E-state index contributed by atoms with van der Waals surface area (Å²) >= 11 is 4.87. The van der Waals surface area contributed by atoms with Crippen LogP contribution in [-0.4, -0.2) is 10.7 Å². The molecule has 0 saturated carbocycles. The van der Waals surface area contributed by atoms with E-state index in [0.717, 1.165) is 9.35 Å². The number of hydrogen-bond acceptors (Lipinski definition) is 5. The summed E-state index contributed by atoms with van der Waals surface area (Å²) in [4.78, 5) is 15.7. The first kappa shape index (κ1) is 18.6. The van der Waals surface area contributed by atoms with Crippen LogP contribution in [0.15, 0.2) is 87.6 Å². The molecule has 0 radical (unpaired) electrons. The maximum Gasteiger partial charge on any atom is 0.209 e. The summed E-state index contributed by atoms with van der Waals surface area (Å²) in [6.07, 6.45) is 8.59. The fraction of sp³-hybridized carbons (Fsp3) is 0. The molecule has 0 N–H and O–H groups in total. The van der Waals surface area contributed by atoms with Gasteiger partial charge < -0.3 is 4.90 Å². The third-order valence-electron chi connectivity index (χ3n) is 3.76. The Morgan fingerprint density at radius 2 is 1.85 bits per heavy atom. The van der Waals surface area contributed by atoms with Crippen LogP contribution in [0.2, 0.25) is 0 Å². The zero-order chi connectivity index (χ0) is 19.2. The third kappa shape index (κ3) is 4.15. The number of carbonyl (C=O) groups is 1. The molecule has 1 aromatic carbocycles. The molecule has 0 unspecified atom stereocenters. The molecule has 1 aromatic heterocycles. The Morgan fingerprint density at radius 3 is 2.48 bits per heavy atom. The monoisotopic (exact) mass is 433 g/mol. The molecule has 0 saturated heterocycles. The largest absolute Gasteiger partial charge is 0.312 e. The van der Waals surface area contributed by atoms with Crippen molar-refractivity contribution >= 4 is 39.1 Å². The van der Waals surface area contributed by atoms with Gasteiger partial charge in [0.1, 0.15) is 12.1 Å². The van der Waals surface area contributed by atoms with Crippen LogP contribution in [-0.2, 0) is 0 Å². The number of carbonyl (C=O) groups excluding carboxylic acids is 1. The lowest BCUT2D eigenvalue weighted by Gasteiger charge is -2.26. The Hall–Kier alpha value is -3.19. The second-order valence-corrected chi connectivity index (χ2v) is 7.33. The van der Waals surface area contributed by atoms with Crippen molar-refractivity contribution in [3.63, 3.8) is 0 Å². The highest BCUT2D eigenvalue weighted by Gasteiger charge is 2.23. The predicted molar refractivity (Wildman–Crippen MR) is 109 cm³/mol. The number of allylic oxidation sites excluding steroid dienone is 5. The van der Waals surface area contributed by atoms with E-state index in [4.69, 9.17) is 0 Å². The number of nitriles is 2. The van der Waals surface area contributed by atoms with Crippen molar-refractivity contribution in [3.8, 4) is 12.1 Å². The lowest BCUT2D eigenvalue weighted by molar-refractivity contribution is 0.101. The van der Waals surface area contributed by atoms with Crippen LogP contribution in [0.25, 0.3) is 6.08 Å². The summed E-state index contributed by atoms with van der Waals surface area (Å²) in [6, 6.07) is 14.7. The highest BCUT2D eigenvalue weighted by Crippen LogP contribution is 2.27. The van der Waals surface area contributed by atoms with E-state index in [1.807, 2.05) is 29.7 Å². The first-order valence-corrected chi connectivity index (χ1v) is 9.55. The van der Waals surface area contributed by atoms with Crippen LogP contribution in [0.1, 0.15) is 15.2 Å². The van der Waals surface area contributed by atoms with Crippen molar-refractivity contribution < 1.29 is 4.79 Å². The van der Waals surface area contributed by atoms with E-state index in [1.165, 1.54) is 11.3 Å². The van der Waals surface area contributed by atoms with E-state index in [2.05, 4.69) is 15.9 Å². The Labute approximate surface area is 169 Å². The summed E-state index contributed by atoms with van der Waals surface area (Å²) in [5, 5.41) is 20.5. The molecule has 1 aliphatic heterocycles. The Bertz CT molecular complexity index is 1050. The molecule has 2 aromatic rings. The lowest BCUT2D eigenvalue weighted by Crippen LogP contribution is -2.24. The van der Waals surface area contributed by atoms with Crippen molar-refractivity contribution in [2.75, 3.05) is 0 Å². The first-order chi connectivity index (χ1) is 13.1. The van der Waals surface area contributed by atoms with Crippen LogP contribution in [0, 0.1) is 22.7 Å². The van der Waals surface area contributed by atoms with Crippen molar-refractivity contribution in [1.29, 1.82) is 10.5 Å². The summed E-state index contributed by atoms with van der Waals surface area (Å²) < 4.78 is 0.875. The molecule has 0 aliphatic carbocycles. The zero-order valence-electron chi connectivity index (χ0n) is 14.0. The minimum atomic E-state index is -0.205. The molecule has 0 spiro atoms. The number of rotatable bonds is 4. The van der Waals surface area contributed by atoms with Crippen LogP contribution in [0.5, 0.6) is 0 Å². The number of thiophene rings is 1. The average Bonchev–Trinajstić information content (AvgIpc) is 3.21. The van der Waals surface area contributed by atoms with E-state index in [-0.39, 0.29) is 11.4 Å². The maximum atomic E-state index is 13.3. The molecule has 0 amide bonds. The predicted octanol–water partition coefficient (Wildman–Crippen LogP) is 5.42. The molecular formula is C21H12BrN3OS. The van der Waals surface area contributed by atoms with Crippen molar-refractivity contribution in [2.45, 2.75) is 0 Å². The highest BCUT2D eigenvalue weighted by atomic mass is 79.9. The lowest BCUT2D eigenvalue weighted by atomic mass is 10.0. The summed E-state index contributed by atoms with van der Waals surface area (Å²) in [6.45, 7) is 0. The van der Waals surface area contributed by atoms with Crippen molar-refractivity contribution in [1.82, 2.24) is 4.90 Å². The van der Waals surface area contributed by atoms with Gasteiger partial charge in [-0.3, -0.25) is 4.79 Å². The molecule has 2 heterocycles. The normalized spacial score (nSPS) is 13.2. The number of ketones is 1. The Balaban J connectivity index is 2.15. The summed E-state index contributed by atoms with van der Waals surface area (Å²) in [5.41, 5.74) is 1.18. The number of nitrogens with zero attached hydrogens (tertiary/aromatic N) is 3. The summed E-state index contributed by atoms with van der Waals surface area (Å²) in [5.74, 6) is -0.205. The Kier molecular flexibility index (Phi) is 5.83. The van der Waals surface area contributed by atoms with Gasteiger partial charge in [0.05, 0.1) is 11.4 Å². The Morgan fingerprint density at radius 1 is 1.11 bits per heavy atom.